The summed E-state index contributed by atoms with van der Waals surface area (Å²) in [5, 5.41) is 5.24. The van der Waals surface area contributed by atoms with E-state index < -0.39 is 0 Å². The van der Waals surface area contributed by atoms with E-state index in [1.807, 2.05) is 34.2 Å². The number of hydrogen-bond acceptors (Lipinski definition) is 5. The fraction of sp³-hybridized carbons (Fsp3) is 0.455. The van der Waals surface area contributed by atoms with E-state index in [1.165, 1.54) is 25.7 Å². The van der Waals surface area contributed by atoms with Crippen molar-refractivity contribution in [2.45, 2.75) is 51.0 Å². The number of nitrogens with one attached hydrogen (secondary N) is 1. The van der Waals surface area contributed by atoms with E-state index in [1.54, 1.807) is 25.6 Å². The quantitative estimate of drug-likeness (QED) is 0.606. The highest BCUT2D eigenvalue weighted by atomic mass is 32.1. The van der Waals surface area contributed by atoms with Crippen molar-refractivity contribution in [2.24, 2.45) is 0 Å². The summed E-state index contributed by atoms with van der Waals surface area (Å²) >= 11 is 1.54. The van der Waals surface area contributed by atoms with Crippen molar-refractivity contribution in [3.8, 4) is 22.8 Å². The van der Waals surface area contributed by atoms with Crippen molar-refractivity contribution in [1.82, 2.24) is 14.7 Å². The molecule has 4 rings (SSSR count). The molecule has 1 aliphatic rings. The average molecular weight is 414 g/mol. The second kappa shape index (κ2) is 8.86. The molecule has 1 amide bonds. The molecule has 1 aliphatic carbocycles. The number of benzene rings is 1. The van der Waals surface area contributed by atoms with Gasteiger partial charge in [0.1, 0.15) is 11.5 Å². The first-order chi connectivity index (χ1) is 14.2. The number of carbonyl (C=O) groups is 1. The van der Waals surface area contributed by atoms with Crippen LogP contribution >= 0.6 is 11.3 Å². The predicted molar refractivity (Wildman–Crippen MR) is 115 cm³/mol. The Morgan fingerprint density at radius 1 is 1.21 bits per heavy atom. The summed E-state index contributed by atoms with van der Waals surface area (Å²) in [5.74, 6) is 1.58. The number of amides is 1. The van der Waals surface area contributed by atoms with Crippen LogP contribution in [-0.4, -0.2) is 35.6 Å². The van der Waals surface area contributed by atoms with Crippen LogP contribution in [0.1, 0.15) is 44.2 Å². The standard InChI is InChI=1S/C22H27N3O3S/c1-27-17-9-10-20(28-2)18(12-17)19-13-25-16(14-29-22(25)24-19)11-21(26)23-15-7-5-3-4-6-8-15/h9-10,12-15H,3-8,11H2,1-2H3,(H,23,26). The molecule has 0 unspecified atom stereocenters. The van der Waals surface area contributed by atoms with Crippen LogP contribution in [0.25, 0.3) is 16.2 Å². The fourth-order valence-corrected chi connectivity index (χ4v) is 4.84. The number of imidazole rings is 1. The van der Waals surface area contributed by atoms with Crippen molar-refractivity contribution in [2.75, 3.05) is 14.2 Å². The van der Waals surface area contributed by atoms with Gasteiger partial charge in [0.2, 0.25) is 5.91 Å². The largest absolute Gasteiger partial charge is 0.497 e. The van der Waals surface area contributed by atoms with Crippen LogP contribution in [0.2, 0.25) is 0 Å². The number of fused-ring (bicyclic) bond motifs is 1. The van der Waals surface area contributed by atoms with E-state index >= 15 is 0 Å². The van der Waals surface area contributed by atoms with Crippen LogP contribution in [0.15, 0.2) is 29.8 Å². The molecule has 0 atom stereocenters. The molecular formula is C22H27N3O3S. The van der Waals surface area contributed by atoms with Gasteiger partial charge >= 0.3 is 0 Å². The van der Waals surface area contributed by atoms with Gasteiger partial charge in [0.05, 0.1) is 26.3 Å². The summed E-state index contributed by atoms with van der Waals surface area (Å²) in [4.78, 5) is 18.2. The predicted octanol–water partition coefficient (Wildman–Crippen LogP) is 4.46. The minimum Gasteiger partial charge on any atom is -0.497 e. The maximum absolute atomic E-state index is 12.6. The van der Waals surface area contributed by atoms with Crippen LogP contribution in [0.4, 0.5) is 0 Å². The SMILES string of the molecule is COc1ccc(OC)c(-c2cn3c(CC(=O)NC4CCCCCC4)csc3n2)c1. The van der Waals surface area contributed by atoms with Gasteiger partial charge in [-0.05, 0) is 31.0 Å². The Morgan fingerprint density at radius 2 is 2.00 bits per heavy atom. The summed E-state index contributed by atoms with van der Waals surface area (Å²) in [7, 11) is 3.29. The van der Waals surface area contributed by atoms with E-state index in [-0.39, 0.29) is 5.91 Å². The van der Waals surface area contributed by atoms with Crippen LogP contribution in [0, 0.1) is 0 Å². The summed E-state index contributed by atoms with van der Waals surface area (Å²) in [5.41, 5.74) is 2.63. The first kappa shape index (κ1) is 19.8. The third kappa shape index (κ3) is 4.40. The second-order valence-electron chi connectivity index (χ2n) is 7.50. The molecule has 1 N–H and O–H groups in total. The number of methoxy groups -OCH3 is 2. The minimum absolute atomic E-state index is 0.0887. The molecule has 29 heavy (non-hydrogen) atoms. The number of hydrogen-bond donors (Lipinski definition) is 1. The molecule has 0 saturated heterocycles. The average Bonchev–Trinajstić information content (AvgIpc) is 3.21. The Balaban J connectivity index is 1.54. The van der Waals surface area contributed by atoms with E-state index in [9.17, 15) is 4.79 Å². The van der Waals surface area contributed by atoms with E-state index in [4.69, 9.17) is 14.5 Å². The third-order valence-corrected chi connectivity index (χ3v) is 6.42. The zero-order chi connectivity index (χ0) is 20.2. The maximum atomic E-state index is 12.6. The highest BCUT2D eigenvalue weighted by Gasteiger charge is 2.18. The van der Waals surface area contributed by atoms with Crippen molar-refractivity contribution in [1.29, 1.82) is 0 Å². The molecule has 0 aliphatic heterocycles. The Labute approximate surface area is 174 Å². The molecule has 154 valence electrons. The van der Waals surface area contributed by atoms with Crippen molar-refractivity contribution in [3.05, 3.63) is 35.5 Å². The normalized spacial score (nSPS) is 15.2. The zero-order valence-electron chi connectivity index (χ0n) is 16.9. The Morgan fingerprint density at radius 3 is 2.72 bits per heavy atom. The first-order valence-electron chi connectivity index (χ1n) is 10.1. The van der Waals surface area contributed by atoms with Gasteiger partial charge in [-0.25, -0.2) is 4.98 Å². The van der Waals surface area contributed by atoms with Gasteiger partial charge in [-0.1, -0.05) is 25.7 Å². The molecular weight excluding hydrogens is 386 g/mol. The molecule has 1 fully saturated rings. The zero-order valence-corrected chi connectivity index (χ0v) is 17.8. The molecule has 0 radical (unpaired) electrons. The highest BCUT2D eigenvalue weighted by molar-refractivity contribution is 7.15. The molecule has 2 aromatic heterocycles. The number of carbonyl (C=O) groups excluding carboxylic acids is 1. The van der Waals surface area contributed by atoms with Crippen LogP contribution < -0.4 is 14.8 Å². The van der Waals surface area contributed by atoms with Gasteiger partial charge in [-0.2, -0.15) is 0 Å². The summed E-state index contributed by atoms with van der Waals surface area (Å²) < 4.78 is 12.8. The molecule has 0 bridgehead atoms. The monoisotopic (exact) mass is 413 g/mol. The lowest BCUT2D eigenvalue weighted by Crippen LogP contribution is -2.35. The molecule has 3 aromatic rings. The molecule has 6 nitrogen and oxygen atoms in total. The molecule has 0 spiro atoms. The molecule has 1 saturated carbocycles. The Hall–Kier alpha value is -2.54. The van der Waals surface area contributed by atoms with Gasteiger partial charge < -0.3 is 14.8 Å². The second-order valence-corrected chi connectivity index (χ2v) is 8.34. The lowest BCUT2D eigenvalue weighted by molar-refractivity contribution is -0.121. The lowest BCUT2D eigenvalue weighted by Gasteiger charge is -2.15. The summed E-state index contributed by atoms with van der Waals surface area (Å²) in [6.07, 6.45) is 9.50. The van der Waals surface area contributed by atoms with Crippen molar-refractivity contribution in [3.63, 3.8) is 0 Å². The third-order valence-electron chi connectivity index (χ3n) is 5.53. The summed E-state index contributed by atoms with van der Waals surface area (Å²) in [6.45, 7) is 0. The van der Waals surface area contributed by atoms with Crippen LogP contribution in [0.3, 0.4) is 0 Å². The number of ether oxygens (including phenoxy) is 2. The van der Waals surface area contributed by atoms with Gasteiger partial charge in [0.15, 0.2) is 4.96 Å². The van der Waals surface area contributed by atoms with E-state index in [2.05, 4.69) is 5.32 Å². The fourth-order valence-electron chi connectivity index (χ4n) is 3.97. The van der Waals surface area contributed by atoms with Gasteiger partial charge in [-0.15, -0.1) is 11.3 Å². The van der Waals surface area contributed by atoms with Gasteiger partial charge in [0, 0.05) is 28.9 Å². The van der Waals surface area contributed by atoms with Gasteiger partial charge in [0.25, 0.3) is 0 Å². The number of aromatic nitrogens is 2. The maximum Gasteiger partial charge on any atom is 0.226 e. The van der Waals surface area contributed by atoms with Crippen molar-refractivity contribution >= 4 is 22.2 Å². The number of rotatable bonds is 6. The first-order valence-corrected chi connectivity index (χ1v) is 11.0. The molecule has 2 heterocycles. The van der Waals surface area contributed by atoms with Crippen LogP contribution in [0.5, 0.6) is 11.5 Å². The highest BCUT2D eigenvalue weighted by Crippen LogP contribution is 2.34. The Bertz CT molecular complexity index is 987. The lowest BCUT2D eigenvalue weighted by atomic mass is 10.1. The summed E-state index contributed by atoms with van der Waals surface area (Å²) in [6, 6.07) is 5.98. The van der Waals surface area contributed by atoms with Gasteiger partial charge in [-0.3, -0.25) is 9.20 Å². The van der Waals surface area contributed by atoms with Crippen molar-refractivity contribution < 1.29 is 14.3 Å². The van der Waals surface area contributed by atoms with E-state index in [0.717, 1.165) is 46.3 Å². The smallest absolute Gasteiger partial charge is 0.226 e. The van der Waals surface area contributed by atoms with E-state index in [0.29, 0.717) is 12.5 Å². The Kier molecular flexibility index (Phi) is 6.04. The number of thiazole rings is 1. The number of nitrogens with zero attached hydrogens (tertiary/aromatic N) is 2. The van der Waals surface area contributed by atoms with Crippen LogP contribution in [-0.2, 0) is 11.2 Å². The molecule has 7 heteroatoms. The minimum atomic E-state index is 0.0887. The topological polar surface area (TPSA) is 64.9 Å². The molecule has 1 aromatic carbocycles.